The first-order chi connectivity index (χ1) is 20.7. The van der Waals surface area contributed by atoms with Crippen molar-refractivity contribution < 1.29 is 9.18 Å². The van der Waals surface area contributed by atoms with Crippen LogP contribution >= 0.6 is 12.2 Å². The molecule has 3 aromatic carbocycles. The molecule has 0 saturated carbocycles. The van der Waals surface area contributed by atoms with Crippen molar-refractivity contribution in [3.8, 4) is 0 Å². The summed E-state index contributed by atoms with van der Waals surface area (Å²) in [7, 11) is 0. The van der Waals surface area contributed by atoms with Gasteiger partial charge in [0.25, 0.3) is 11.5 Å². The Morgan fingerprint density at radius 2 is 1.74 bits per heavy atom. The number of carbonyl (C=O) groups excluding carboxylic acids is 1. The largest absolute Gasteiger partial charge is 0.369 e. The summed E-state index contributed by atoms with van der Waals surface area (Å²) in [4.78, 5) is 28.1. The highest BCUT2D eigenvalue weighted by atomic mass is 32.1. The van der Waals surface area contributed by atoms with Crippen molar-refractivity contribution in [3.05, 3.63) is 123 Å². The number of piperidine rings is 1. The number of rotatable bonds is 6. The molecule has 43 heavy (non-hydrogen) atoms. The van der Waals surface area contributed by atoms with E-state index in [0.717, 1.165) is 53.4 Å². The Hall–Kier alpha value is -4.50. The molecule has 2 atom stereocenters. The molecule has 7 nitrogen and oxygen atoms in total. The van der Waals surface area contributed by atoms with Gasteiger partial charge in [-0.3, -0.25) is 9.59 Å². The molecule has 1 saturated heterocycles. The second kappa shape index (κ2) is 12.0. The number of hydrogen-bond donors (Lipinski definition) is 3. The van der Waals surface area contributed by atoms with Gasteiger partial charge in [0.2, 0.25) is 0 Å². The molecule has 1 aromatic heterocycles. The van der Waals surface area contributed by atoms with Crippen molar-refractivity contribution in [3.63, 3.8) is 0 Å². The van der Waals surface area contributed by atoms with E-state index in [9.17, 15) is 14.0 Å². The number of halogens is 1. The number of nitrogens with zero attached hydrogens (tertiary/aromatic N) is 2. The molecule has 1 amide bonds. The fourth-order valence-electron chi connectivity index (χ4n) is 6.14. The normalized spacial score (nSPS) is 17.1. The van der Waals surface area contributed by atoms with Crippen molar-refractivity contribution in [2.75, 3.05) is 28.6 Å². The second-order valence-corrected chi connectivity index (χ2v) is 11.9. The maximum atomic E-state index is 13.3. The van der Waals surface area contributed by atoms with Crippen LogP contribution in [0, 0.1) is 25.6 Å². The van der Waals surface area contributed by atoms with E-state index in [1.165, 1.54) is 17.7 Å². The molecule has 0 aliphatic carbocycles. The fraction of sp³-hybridized carbons (Fsp3) is 0.265. The summed E-state index contributed by atoms with van der Waals surface area (Å²) in [5.74, 6) is 0.00646. The average Bonchev–Trinajstić information content (AvgIpc) is 2.99. The van der Waals surface area contributed by atoms with Crippen LogP contribution < -0.4 is 26.4 Å². The van der Waals surface area contributed by atoms with Crippen LogP contribution in [0.3, 0.4) is 0 Å². The zero-order valence-corrected chi connectivity index (χ0v) is 25.0. The Kier molecular flexibility index (Phi) is 7.99. The Morgan fingerprint density at radius 1 is 0.930 bits per heavy atom. The number of anilines is 3. The predicted molar refractivity (Wildman–Crippen MR) is 174 cm³/mol. The highest BCUT2D eigenvalue weighted by Crippen LogP contribution is 2.39. The predicted octanol–water partition coefficient (Wildman–Crippen LogP) is 5.97. The second-order valence-electron chi connectivity index (χ2n) is 11.5. The van der Waals surface area contributed by atoms with E-state index < -0.39 is 0 Å². The van der Waals surface area contributed by atoms with Crippen LogP contribution in [0.2, 0.25) is 0 Å². The minimum atomic E-state index is -0.316. The molecule has 4 aromatic rings. The van der Waals surface area contributed by atoms with E-state index in [-0.39, 0.29) is 29.7 Å². The number of pyridine rings is 1. The molecule has 3 heterocycles. The third-order valence-corrected chi connectivity index (χ3v) is 8.66. The fourth-order valence-corrected chi connectivity index (χ4v) is 6.36. The smallest absolute Gasteiger partial charge is 0.251 e. The molecule has 2 bridgehead atoms. The van der Waals surface area contributed by atoms with Crippen LogP contribution in [0.4, 0.5) is 21.5 Å². The maximum Gasteiger partial charge on any atom is 0.251 e. The summed E-state index contributed by atoms with van der Waals surface area (Å²) in [6, 6.07) is 23.3. The Morgan fingerprint density at radius 3 is 2.53 bits per heavy atom. The van der Waals surface area contributed by atoms with Gasteiger partial charge in [-0.1, -0.05) is 24.3 Å². The van der Waals surface area contributed by atoms with Crippen LogP contribution in [0.15, 0.2) is 83.7 Å². The highest BCUT2D eigenvalue weighted by molar-refractivity contribution is 7.80. The monoisotopic (exact) mass is 595 g/mol. The molecule has 2 unspecified atom stereocenters. The van der Waals surface area contributed by atoms with Crippen LogP contribution in [0.5, 0.6) is 0 Å². The number of carbonyl (C=O) groups is 1. The number of amides is 1. The van der Waals surface area contributed by atoms with Crippen molar-refractivity contribution >= 4 is 40.3 Å². The molecule has 2 aliphatic heterocycles. The van der Waals surface area contributed by atoms with E-state index in [4.69, 9.17) is 12.2 Å². The molecule has 1 fully saturated rings. The topological polar surface area (TPSA) is 78.4 Å². The number of nitrogens with one attached hydrogen (secondary N) is 3. The number of hydrogen-bond acceptors (Lipinski definition) is 4. The number of aryl methyl sites for hydroxylation is 2. The Balaban J connectivity index is 1.26. The van der Waals surface area contributed by atoms with E-state index in [2.05, 4.69) is 46.8 Å². The van der Waals surface area contributed by atoms with E-state index >= 15 is 0 Å². The Bertz CT molecular complexity index is 1750. The number of aromatic nitrogens is 1. The van der Waals surface area contributed by atoms with Gasteiger partial charge in [0.05, 0.1) is 11.4 Å². The first kappa shape index (κ1) is 28.6. The molecule has 9 heteroatoms. The molecule has 3 N–H and O–H groups in total. The molecule has 0 radical (unpaired) electrons. The van der Waals surface area contributed by atoms with Crippen LogP contribution in [0.25, 0.3) is 0 Å². The summed E-state index contributed by atoms with van der Waals surface area (Å²) in [5.41, 5.74) is 7.33. The minimum absolute atomic E-state index is 0.0572. The van der Waals surface area contributed by atoms with Gasteiger partial charge in [-0.2, -0.15) is 0 Å². The maximum absolute atomic E-state index is 13.3. The van der Waals surface area contributed by atoms with Crippen molar-refractivity contribution in [2.24, 2.45) is 5.92 Å². The lowest BCUT2D eigenvalue weighted by Crippen LogP contribution is -2.47. The summed E-state index contributed by atoms with van der Waals surface area (Å²) < 4.78 is 15.2. The zero-order chi connectivity index (χ0) is 30.1. The van der Waals surface area contributed by atoms with Gasteiger partial charge in [-0.15, -0.1) is 0 Å². The van der Waals surface area contributed by atoms with Crippen LogP contribution in [-0.2, 0) is 13.1 Å². The van der Waals surface area contributed by atoms with Gasteiger partial charge < -0.3 is 25.4 Å². The standard InChI is InChI=1S/C34H34FN5O2S/c1-21-6-12-28(14-22(21)2)37-34(43)38-29-16-25(33(42)36-17-23-7-10-27(35)11-8-23)9-13-31(29)39-18-24-15-26(20-39)30-4-3-5-32(41)40(30)19-24/h3-14,16,24,26H,15,17-20H2,1-2H3,(H,36,42)(H2,37,38,43). The van der Waals surface area contributed by atoms with Gasteiger partial charge in [-0.05, 0) is 104 Å². The molecular weight excluding hydrogens is 561 g/mol. The van der Waals surface area contributed by atoms with Crippen LogP contribution in [0.1, 0.15) is 45.1 Å². The van der Waals surface area contributed by atoms with Gasteiger partial charge in [-0.25, -0.2) is 4.39 Å². The SMILES string of the molecule is Cc1ccc(NC(=S)Nc2cc(C(=O)NCc3ccc(F)cc3)ccc2N2CC3CC(C2)c2cccc(=O)n2C3)cc1C. The summed E-state index contributed by atoms with van der Waals surface area (Å²) in [5, 5.41) is 9.99. The summed E-state index contributed by atoms with van der Waals surface area (Å²) in [6.45, 7) is 6.65. The van der Waals surface area contributed by atoms with Gasteiger partial charge in [0, 0.05) is 55.1 Å². The first-order valence-electron chi connectivity index (χ1n) is 14.5. The number of fused-ring (bicyclic) bond motifs is 4. The van der Waals surface area contributed by atoms with Crippen molar-refractivity contribution in [1.82, 2.24) is 9.88 Å². The van der Waals surface area contributed by atoms with Gasteiger partial charge in [0.1, 0.15) is 5.82 Å². The van der Waals surface area contributed by atoms with E-state index in [0.29, 0.717) is 23.1 Å². The first-order valence-corrected chi connectivity index (χ1v) is 14.9. The van der Waals surface area contributed by atoms with Crippen molar-refractivity contribution in [1.29, 1.82) is 0 Å². The molecule has 0 spiro atoms. The molecule has 220 valence electrons. The van der Waals surface area contributed by atoms with Gasteiger partial charge in [0.15, 0.2) is 5.11 Å². The quantitative estimate of drug-likeness (QED) is 0.239. The summed E-state index contributed by atoms with van der Waals surface area (Å²) >= 11 is 5.73. The molecule has 2 aliphatic rings. The average molecular weight is 596 g/mol. The van der Waals surface area contributed by atoms with Gasteiger partial charge >= 0.3 is 0 Å². The lowest BCUT2D eigenvalue weighted by Gasteiger charge is -2.44. The third kappa shape index (κ3) is 6.32. The Labute approximate surface area is 255 Å². The lowest BCUT2D eigenvalue weighted by molar-refractivity contribution is 0.0951. The number of thiocarbonyl (C=S) groups is 1. The van der Waals surface area contributed by atoms with Crippen molar-refractivity contribution in [2.45, 2.75) is 39.3 Å². The summed E-state index contributed by atoms with van der Waals surface area (Å²) in [6.07, 6.45) is 1.04. The zero-order valence-electron chi connectivity index (χ0n) is 24.2. The third-order valence-electron chi connectivity index (χ3n) is 8.46. The highest BCUT2D eigenvalue weighted by Gasteiger charge is 2.35. The minimum Gasteiger partial charge on any atom is -0.369 e. The number of benzene rings is 3. The van der Waals surface area contributed by atoms with Crippen LogP contribution in [-0.4, -0.2) is 28.7 Å². The molecular formula is C34H34FN5O2S. The van der Waals surface area contributed by atoms with E-state index in [1.807, 2.05) is 41.0 Å². The molecule has 6 rings (SSSR count). The lowest BCUT2D eigenvalue weighted by atomic mass is 9.83. The van der Waals surface area contributed by atoms with E-state index in [1.54, 1.807) is 18.2 Å².